The van der Waals surface area contributed by atoms with Gasteiger partial charge in [0, 0.05) is 31.3 Å². The molecule has 0 aliphatic rings. The van der Waals surface area contributed by atoms with Crippen molar-refractivity contribution in [3.63, 3.8) is 0 Å². The Labute approximate surface area is 354 Å². The third kappa shape index (κ3) is 19.7. The van der Waals surface area contributed by atoms with Crippen molar-refractivity contribution in [1.29, 1.82) is 0 Å². The van der Waals surface area contributed by atoms with Gasteiger partial charge in [-0.1, -0.05) is 110 Å². The molecular weight excluding hydrogens is 789 g/mol. The quantitative estimate of drug-likeness (QED) is 0.0260. The molecule has 0 bridgehead atoms. The van der Waals surface area contributed by atoms with Crippen molar-refractivity contribution in [3.8, 4) is 0 Å². The van der Waals surface area contributed by atoms with Crippen LogP contribution in [0.5, 0.6) is 0 Å². The van der Waals surface area contributed by atoms with Crippen molar-refractivity contribution < 1.29 is 47.8 Å². The fraction of sp³-hybridized carbons (Fsp3) is 0.419. The number of esters is 2. The number of hydrogen-bond donors (Lipinski definition) is 5. The largest absolute Gasteiger partial charge is 0.461 e. The van der Waals surface area contributed by atoms with E-state index in [0.29, 0.717) is 11.1 Å². The minimum atomic E-state index is -1.64. The van der Waals surface area contributed by atoms with Crippen LogP contribution >= 0.6 is 0 Å². The summed E-state index contributed by atoms with van der Waals surface area (Å²) < 4.78 is 16.1. The molecule has 0 heterocycles. The summed E-state index contributed by atoms with van der Waals surface area (Å²) >= 11 is 0. The highest BCUT2D eigenvalue weighted by atomic mass is 16.5. The minimum absolute atomic E-state index is 0.0892. The topological polar surface area (TPSA) is 256 Å². The number of hydrogen-bond acceptors (Lipinski definition) is 11. The van der Waals surface area contributed by atoms with Crippen molar-refractivity contribution in [3.05, 3.63) is 118 Å². The lowest BCUT2D eigenvalue weighted by atomic mass is 10.0. The van der Waals surface area contributed by atoms with Crippen LogP contribution in [0.2, 0.25) is 0 Å². The summed E-state index contributed by atoms with van der Waals surface area (Å²) in [6, 6.07) is 21.1. The highest BCUT2D eigenvalue weighted by Gasteiger charge is 2.34. The molecule has 5 N–H and O–H groups in total. The molecule has 0 saturated carbocycles. The van der Waals surface area contributed by atoms with Crippen molar-refractivity contribution >= 4 is 41.5 Å². The first kappa shape index (κ1) is 48.6. The highest BCUT2D eigenvalue weighted by molar-refractivity contribution is 5.97. The Balaban J connectivity index is 1.81. The highest BCUT2D eigenvalue weighted by Crippen LogP contribution is 2.11. The summed E-state index contributed by atoms with van der Waals surface area (Å²) in [5, 5.41) is 16.4. The molecule has 0 saturated heterocycles. The van der Waals surface area contributed by atoms with Crippen LogP contribution in [0.3, 0.4) is 0 Å². The number of azide groups is 1. The normalized spacial score (nSPS) is 12.6. The maximum Gasteiger partial charge on any atom is 0.308 e. The Morgan fingerprint density at radius 3 is 1.56 bits per heavy atom. The molecule has 0 unspecified atom stereocenters. The molecule has 3 aromatic carbocycles. The van der Waals surface area contributed by atoms with Crippen LogP contribution in [0.4, 0.5) is 0 Å². The number of nitrogens with zero attached hydrogens (tertiary/aromatic N) is 3. The van der Waals surface area contributed by atoms with Crippen LogP contribution in [0.15, 0.2) is 96.1 Å². The number of carbonyl (C=O) groups excluding carboxylic acids is 7. The lowest BCUT2D eigenvalue weighted by Crippen LogP contribution is -2.59. The third-order valence-electron chi connectivity index (χ3n) is 8.75. The maximum atomic E-state index is 14.1. The second-order valence-corrected chi connectivity index (χ2v) is 14.3. The number of ether oxygens (including phenoxy) is 3. The molecular formula is C43H54N8O10. The molecule has 61 heavy (non-hydrogen) atoms. The first-order valence-corrected chi connectivity index (χ1v) is 19.8. The average Bonchev–Trinajstić information content (AvgIpc) is 3.24. The Bertz CT molecular complexity index is 1930. The molecule has 0 aromatic heterocycles. The third-order valence-corrected chi connectivity index (χ3v) is 8.75. The van der Waals surface area contributed by atoms with Crippen molar-refractivity contribution in [2.24, 2.45) is 11.0 Å². The SMILES string of the molecule is CC(=O)N[C@H](CC(=O)OCc1ccccc1)C(=O)N[C@@H](CC(=O)OCc1ccccc1)C(=O)N[C@H](CC(C)C)C(=O)N[C@@H](Cc1ccccc1)C(=O)NCCOCCN=[N+]=[N-]. The second-order valence-electron chi connectivity index (χ2n) is 14.3. The Kier molecular flexibility index (Phi) is 21.6. The zero-order chi connectivity index (χ0) is 44.4. The first-order valence-electron chi connectivity index (χ1n) is 19.8. The molecule has 3 aromatic rings. The predicted molar refractivity (Wildman–Crippen MR) is 223 cm³/mol. The molecule has 0 aliphatic heterocycles. The molecule has 326 valence electrons. The number of amides is 5. The van der Waals surface area contributed by atoms with Gasteiger partial charge in [-0.25, -0.2) is 0 Å². The van der Waals surface area contributed by atoms with Crippen LogP contribution in [-0.2, 0) is 67.4 Å². The summed E-state index contributed by atoms with van der Waals surface area (Å²) in [7, 11) is 0. The number of benzene rings is 3. The lowest BCUT2D eigenvalue weighted by molar-refractivity contribution is -0.149. The monoisotopic (exact) mass is 842 g/mol. The zero-order valence-corrected chi connectivity index (χ0v) is 34.5. The molecule has 0 aliphatic carbocycles. The van der Waals surface area contributed by atoms with Gasteiger partial charge in [0.05, 0.1) is 26.1 Å². The van der Waals surface area contributed by atoms with Crippen molar-refractivity contribution in [1.82, 2.24) is 26.6 Å². The van der Waals surface area contributed by atoms with Gasteiger partial charge >= 0.3 is 11.9 Å². The van der Waals surface area contributed by atoms with E-state index in [-0.39, 0.29) is 58.3 Å². The van der Waals surface area contributed by atoms with Gasteiger partial charge in [-0.05, 0) is 34.6 Å². The lowest BCUT2D eigenvalue weighted by Gasteiger charge is -2.27. The van der Waals surface area contributed by atoms with Gasteiger partial charge in [0.25, 0.3) is 0 Å². The van der Waals surface area contributed by atoms with E-state index in [0.717, 1.165) is 12.5 Å². The van der Waals surface area contributed by atoms with E-state index < -0.39 is 78.5 Å². The molecule has 4 atom stereocenters. The van der Waals surface area contributed by atoms with Gasteiger partial charge in [-0.3, -0.25) is 33.6 Å². The zero-order valence-electron chi connectivity index (χ0n) is 34.5. The van der Waals surface area contributed by atoms with Gasteiger partial charge in [0.2, 0.25) is 29.5 Å². The molecule has 0 radical (unpaired) electrons. The number of nitrogens with one attached hydrogen (secondary N) is 5. The fourth-order valence-electron chi connectivity index (χ4n) is 5.79. The summed E-state index contributed by atoms with van der Waals surface area (Å²) in [4.78, 5) is 96.0. The Morgan fingerprint density at radius 2 is 1.07 bits per heavy atom. The Hall–Kier alpha value is -6.78. The first-order chi connectivity index (χ1) is 29.3. The van der Waals surface area contributed by atoms with Crippen LogP contribution < -0.4 is 26.6 Å². The van der Waals surface area contributed by atoms with Crippen LogP contribution in [0, 0.1) is 5.92 Å². The Morgan fingerprint density at radius 1 is 0.607 bits per heavy atom. The molecule has 5 amide bonds. The number of rotatable bonds is 26. The predicted octanol–water partition coefficient (Wildman–Crippen LogP) is 2.94. The van der Waals surface area contributed by atoms with Crippen molar-refractivity contribution in [2.75, 3.05) is 26.3 Å². The molecule has 18 nitrogen and oxygen atoms in total. The second kappa shape index (κ2) is 27.1. The average molecular weight is 843 g/mol. The van der Waals surface area contributed by atoms with E-state index in [1.54, 1.807) is 84.9 Å². The van der Waals surface area contributed by atoms with E-state index in [2.05, 4.69) is 36.6 Å². The van der Waals surface area contributed by atoms with E-state index in [4.69, 9.17) is 19.7 Å². The van der Waals surface area contributed by atoms with Gasteiger partial charge in [0.15, 0.2) is 0 Å². The molecule has 18 heteroatoms. The van der Waals surface area contributed by atoms with Gasteiger partial charge in [-0.15, -0.1) is 0 Å². The van der Waals surface area contributed by atoms with Gasteiger partial charge in [-0.2, -0.15) is 0 Å². The standard InChI is InChI=1S/C43H54N8O10/c1-29(2)23-34(41(56)49-35(24-31-13-7-4-8-14-31)40(55)45-19-21-59-22-20-46-51-44)48-43(58)37(26-39(54)61-28-33-17-11-6-12-18-33)50-42(57)36(47-30(3)52)25-38(53)60-27-32-15-9-5-10-16-32/h4-18,29,34-37H,19-28H2,1-3H3,(H,45,55)(H,47,52)(H,48,58)(H,49,56)(H,50,57)/t34-,35+,36-,37+/m1/s1. The van der Waals surface area contributed by atoms with E-state index >= 15 is 0 Å². The summed E-state index contributed by atoms with van der Waals surface area (Å²) in [6.45, 7) is 5.04. The van der Waals surface area contributed by atoms with Gasteiger partial charge in [0.1, 0.15) is 37.4 Å². The van der Waals surface area contributed by atoms with Crippen LogP contribution in [0.1, 0.15) is 56.7 Å². The minimum Gasteiger partial charge on any atom is -0.461 e. The molecule has 0 spiro atoms. The summed E-state index contributed by atoms with van der Waals surface area (Å²) in [6.07, 6.45) is -1.09. The van der Waals surface area contributed by atoms with Crippen LogP contribution in [-0.4, -0.2) is 91.9 Å². The number of carbonyl (C=O) groups is 7. The van der Waals surface area contributed by atoms with E-state index in [1.807, 2.05) is 19.9 Å². The maximum absolute atomic E-state index is 14.1. The molecule has 0 fully saturated rings. The van der Waals surface area contributed by atoms with Crippen molar-refractivity contribution in [2.45, 2.75) is 83.8 Å². The summed E-state index contributed by atoms with van der Waals surface area (Å²) in [5.41, 5.74) is 10.5. The van der Waals surface area contributed by atoms with E-state index in [9.17, 15) is 33.6 Å². The molecule has 3 rings (SSSR count). The smallest absolute Gasteiger partial charge is 0.308 e. The van der Waals surface area contributed by atoms with E-state index in [1.165, 1.54) is 0 Å². The van der Waals surface area contributed by atoms with Crippen LogP contribution in [0.25, 0.3) is 10.4 Å². The van der Waals surface area contributed by atoms with Gasteiger partial charge < -0.3 is 40.8 Å². The summed E-state index contributed by atoms with van der Waals surface area (Å²) in [5.74, 6) is -5.65. The fourth-order valence-corrected chi connectivity index (χ4v) is 5.79.